The lowest BCUT2D eigenvalue weighted by Crippen LogP contribution is -2.10. The van der Waals surface area contributed by atoms with Crippen LogP contribution >= 0.6 is 0 Å². The zero-order chi connectivity index (χ0) is 16.4. The quantitative estimate of drug-likeness (QED) is 0.446. The van der Waals surface area contributed by atoms with Gasteiger partial charge in [0.25, 0.3) is 10.1 Å². The van der Waals surface area contributed by atoms with Crippen LogP contribution in [0.4, 0.5) is 0 Å². The summed E-state index contributed by atoms with van der Waals surface area (Å²) in [5.41, 5.74) is 0.751. The van der Waals surface area contributed by atoms with Gasteiger partial charge in [0.1, 0.15) is 0 Å². The van der Waals surface area contributed by atoms with Crippen molar-refractivity contribution in [3.05, 3.63) is 29.8 Å². The molecule has 0 saturated carbocycles. The molecule has 1 unspecified atom stereocenters. The van der Waals surface area contributed by atoms with Gasteiger partial charge in [-0.25, -0.2) is 0 Å². The van der Waals surface area contributed by atoms with Crippen LogP contribution in [0.15, 0.2) is 29.2 Å². The summed E-state index contributed by atoms with van der Waals surface area (Å²) in [6, 6.07) is 6.83. The van der Waals surface area contributed by atoms with Gasteiger partial charge in [-0.05, 0) is 24.0 Å². The van der Waals surface area contributed by atoms with E-state index in [-0.39, 0.29) is 4.90 Å². The molecule has 1 rings (SSSR count). The Morgan fingerprint density at radius 1 is 0.955 bits per heavy atom. The Bertz CT molecular complexity index is 523. The molecule has 126 valence electrons. The van der Waals surface area contributed by atoms with E-state index in [0.29, 0.717) is 5.92 Å². The van der Waals surface area contributed by atoms with Crippen LogP contribution in [0.1, 0.15) is 70.8 Å². The first-order valence-electron chi connectivity index (χ1n) is 8.54. The van der Waals surface area contributed by atoms with Crippen LogP contribution in [0.5, 0.6) is 0 Å². The van der Waals surface area contributed by atoms with Crippen LogP contribution in [-0.4, -0.2) is 13.0 Å². The first-order chi connectivity index (χ1) is 10.5. The van der Waals surface area contributed by atoms with E-state index in [9.17, 15) is 13.0 Å². The van der Waals surface area contributed by atoms with Gasteiger partial charge in [-0.2, -0.15) is 8.42 Å². The second-order valence-corrected chi connectivity index (χ2v) is 7.53. The predicted molar refractivity (Wildman–Crippen MR) is 91.7 cm³/mol. The van der Waals surface area contributed by atoms with Crippen molar-refractivity contribution in [1.82, 2.24) is 0 Å². The first-order valence-corrected chi connectivity index (χ1v) is 9.98. The maximum absolute atomic E-state index is 11.5. The molecule has 3 nitrogen and oxygen atoms in total. The van der Waals surface area contributed by atoms with Gasteiger partial charge in [0.15, 0.2) is 0 Å². The van der Waals surface area contributed by atoms with Gasteiger partial charge in [0.2, 0.25) is 0 Å². The molecular formula is C18H30O3S. The maximum atomic E-state index is 11.5. The lowest BCUT2D eigenvalue weighted by Gasteiger charge is -2.18. The van der Waals surface area contributed by atoms with Gasteiger partial charge >= 0.3 is 0 Å². The summed E-state index contributed by atoms with van der Waals surface area (Å²) in [6.07, 6.45) is 10.3. The van der Waals surface area contributed by atoms with Crippen LogP contribution < -0.4 is 0 Å². The minimum Gasteiger partial charge on any atom is -0.282 e. The third-order valence-corrected chi connectivity index (χ3v) is 5.15. The van der Waals surface area contributed by atoms with Crippen molar-refractivity contribution in [1.29, 1.82) is 0 Å². The van der Waals surface area contributed by atoms with Gasteiger partial charge in [0.05, 0.1) is 4.90 Å². The highest BCUT2D eigenvalue weighted by atomic mass is 32.2. The highest BCUT2D eigenvalue weighted by Gasteiger charge is 2.18. The highest BCUT2D eigenvalue weighted by Crippen LogP contribution is 2.25. The van der Waals surface area contributed by atoms with E-state index in [0.717, 1.165) is 31.2 Å². The largest absolute Gasteiger partial charge is 0.294 e. The molecule has 4 heteroatoms. The summed E-state index contributed by atoms with van der Waals surface area (Å²) < 4.78 is 32.4. The third kappa shape index (κ3) is 6.93. The monoisotopic (exact) mass is 326 g/mol. The van der Waals surface area contributed by atoms with Gasteiger partial charge < -0.3 is 0 Å². The molecule has 0 bridgehead atoms. The minimum absolute atomic E-state index is 0.0741. The van der Waals surface area contributed by atoms with E-state index in [1.165, 1.54) is 38.2 Å². The molecule has 1 aromatic carbocycles. The van der Waals surface area contributed by atoms with Crippen LogP contribution in [0.3, 0.4) is 0 Å². The SMILES string of the molecule is CCCCCCC(CCCC)Cc1ccccc1S(=O)(=O)O. The van der Waals surface area contributed by atoms with Gasteiger partial charge in [-0.3, -0.25) is 4.55 Å². The van der Waals surface area contributed by atoms with Gasteiger partial charge in [-0.15, -0.1) is 0 Å². The molecule has 0 radical (unpaired) electrons. The molecular weight excluding hydrogens is 296 g/mol. The second-order valence-electron chi connectivity index (χ2n) is 6.14. The number of benzene rings is 1. The van der Waals surface area contributed by atoms with Gasteiger partial charge in [0, 0.05) is 0 Å². The Hall–Kier alpha value is -0.870. The van der Waals surface area contributed by atoms with Gasteiger partial charge in [-0.1, -0.05) is 83.4 Å². The Labute approximate surface area is 135 Å². The molecule has 0 aliphatic carbocycles. The first kappa shape index (κ1) is 19.2. The fourth-order valence-electron chi connectivity index (χ4n) is 2.94. The Balaban J connectivity index is 2.76. The molecule has 0 spiro atoms. The van der Waals surface area contributed by atoms with Crippen LogP contribution in [0.25, 0.3) is 0 Å². The molecule has 0 fully saturated rings. The van der Waals surface area contributed by atoms with E-state index in [1.807, 2.05) is 12.1 Å². The number of unbranched alkanes of at least 4 members (excludes halogenated alkanes) is 4. The van der Waals surface area contributed by atoms with Crippen LogP contribution in [0, 0.1) is 5.92 Å². The number of hydrogen-bond donors (Lipinski definition) is 1. The van der Waals surface area contributed by atoms with E-state index >= 15 is 0 Å². The minimum atomic E-state index is -4.13. The van der Waals surface area contributed by atoms with E-state index < -0.39 is 10.1 Å². The molecule has 0 aliphatic rings. The number of hydrogen-bond acceptors (Lipinski definition) is 2. The van der Waals surface area contributed by atoms with Crippen molar-refractivity contribution in [3.63, 3.8) is 0 Å². The molecule has 0 aromatic heterocycles. The highest BCUT2D eigenvalue weighted by molar-refractivity contribution is 7.85. The fourth-order valence-corrected chi connectivity index (χ4v) is 3.67. The lowest BCUT2D eigenvalue weighted by atomic mass is 9.89. The average Bonchev–Trinajstić information content (AvgIpc) is 2.48. The summed E-state index contributed by atoms with van der Waals surface area (Å²) in [5.74, 6) is 0.500. The van der Waals surface area contributed by atoms with Crippen molar-refractivity contribution < 1.29 is 13.0 Å². The maximum Gasteiger partial charge on any atom is 0.294 e. The van der Waals surface area contributed by atoms with Crippen molar-refractivity contribution >= 4 is 10.1 Å². The average molecular weight is 327 g/mol. The third-order valence-electron chi connectivity index (χ3n) is 4.19. The number of rotatable bonds is 11. The smallest absolute Gasteiger partial charge is 0.282 e. The summed E-state index contributed by atoms with van der Waals surface area (Å²) in [7, 11) is -4.13. The molecule has 0 aliphatic heterocycles. The van der Waals surface area contributed by atoms with Crippen molar-refractivity contribution in [2.45, 2.75) is 76.5 Å². The molecule has 0 amide bonds. The lowest BCUT2D eigenvalue weighted by molar-refractivity contribution is 0.407. The molecule has 22 heavy (non-hydrogen) atoms. The Morgan fingerprint density at radius 2 is 1.59 bits per heavy atom. The summed E-state index contributed by atoms with van der Waals surface area (Å²) in [6.45, 7) is 4.39. The Morgan fingerprint density at radius 3 is 2.23 bits per heavy atom. The van der Waals surface area contributed by atoms with Crippen molar-refractivity contribution in [2.24, 2.45) is 5.92 Å². The zero-order valence-electron chi connectivity index (χ0n) is 13.9. The fraction of sp³-hybridized carbons (Fsp3) is 0.667. The topological polar surface area (TPSA) is 54.4 Å². The Kier molecular flexibility index (Phi) is 8.72. The molecule has 1 aromatic rings. The standard InChI is InChI=1S/C18H30O3S/c1-3-5-7-8-12-16(11-6-4-2)15-17-13-9-10-14-18(17)22(19,20)21/h9-10,13-14,16H,3-8,11-12,15H2,1-2H3,(H,19,20,21). The predicted octanol–water partition coefficient (Wildman–Crippen LogP) is 5.25. The van der Waals surface area contributed by atoms with E-state index in [2.05, 4.69) is 13.8 Å². The van der Waals surface area contributed by atoms with E-state index in [1.54, 1.807) is 6.07 Å². The van der Waals surface area contributed by atoms with Crippen LogP contribution in [0.2, 0.25) is 0 Å². The summed E-state index contributed by atoms with van der Waals surface area (Å²) >= 11 is 0. The molecule has 0 saturated heterocycles. The van der Waals surface area contributed by atoms with Crippen LogP contribution in [-0.2, 0) is 16.5 Å². The van der Waals surface area contributed by atoms with Crippen molar-refractivity contribution in [3.8, 4) is 0 Å². The molecule has 0 heterocycles. The molecule has 1 N–H and O–H groups in total. The van der Waals surface area contributed by atoms with E-state index in [4.69, 9.17) is 0 Å². The molecule has 1 atom stereocenters. The zero-order valence-corrected chi connectivity index (χ0v) is 14.7. The normalized spacial score (nSPS) is 13.2. The second kappa shape index (κ2) is 10.0. The summed E-state index contributed by atoms with van der Waals surface area (Å²) in [5, 5.41) is 0. The summed E-state index contributed by atoms with van der Waals surface area (Å²) in [4.78, 5) is 0.0741. The van der Waals surface area contributed by atoms with Crippen molar-refractivity contribution in [2.75, 3.05) is 0 Å².